The van der Waals surface area contributed by atoms with Crippen LogP contribution in [0.15, 0.2) is 45.9 Å². The quantitative estimate of drug-likeness (QED) is 0.584. The van der Waals surface area contributed by atoms with E-state index in [0.717, 1.165) is 28.1 Å². The Morgan fingerprint density at radius 1 is 1.29 bits per heavy atom. The third-order valence-corrected chi connectivity index (χ3v) is 4.88. The number of carbonyl (C=O) groups excluding carboxylic acids is 1. The number of nitrogens with zero attached hydrogens (tertiary/aromatic N) is 5. The fraction of sp³-hybridized carbons (Fsp3) is 0.211. The topological polar surface area (TPSA) is 114 Å². The van der Waals surface area contributed by atoms with Crippen molar-refractivity contribution in [2.75, 3.05) is 6.54 Å². The van der Waals surface area contributed by atoms with Crippen LogP contribution in [0.4, 0.5) is 0 Å². The molecule has 1 N–H and O–H groups in total. The number of aryl methyl sites for hydroxylation is 1. The molecule has 5 rings (SSSR count). The van der Waals surface area contributed by atoms with E-state index in [0.29, 0.717) is 36.9 Å². The smallest absolute Gasteiger partial charge is 0.276 e. The summed E-state index contributed by atoms with van der Waals surface area (Å²) in [6.45, 7) is 2.94. The van der Waals surface area contributed by atoms with Gasteiger partial charge in [0.15, 0.2) is 5.69 Å². The number of hydrogen-bond acceptors (Lipinski definition) is 7. The molecule has 0 spiro atoms. The molecule has 4 aromatic rings. The van der Waals surface area contributed by atoms with Gasteiger partial charge in [-0.25, -0.2) is 0 Å². The van der Waals surface area contributed by atoms with Crippen molar-refractivity contribution in [3.63, 3.8) is 0 Å². The van der Waals surface area contributed by atoms with Crippen LogP contribution in [0, 0.1) is 6.92 Å². The van der Waals surface area contributed by atoms with Crippen LogP contribution in [0.25, 0.3) is 23.0 Å². The highest BCUT2D eigenvalue weighted by Crippen LogP contribution is 2.32. The summed E-state index contributed by atoms with van der Waals surface area (Å²) in [5, 5.41) is 7.89. The Hall–Kier alpha value is -3.75. The predicted octanol–water partition coefficient (Wildman–Crippen LogP) is 2.62. The maximum absolute atomic E-state index is 12.6. The van der Waals surface area contributed by atoms with Gasteiger partial charge in [-0.2, -0.15) is 4.98 Å². The van der Waals surface area contributed by atoms with Crippen molar-refractivity contribution < 1.29 is 13.8 Å². The van der Waals surface area contributed by atoms with Crippen LogP contribution < -0.4 is 0 Å². The Morgan fingerprint density at radius 2 is 2.21 bits per heavy atom. The van der Waals surface area contributed by atoms with Gasteiger partial charge < -0.3 is 18.9 Å². The molecule has 0 atom stereocenters. The van der Waals surface area contributed by atoms with E-state index in [-0.39, 0.29) is 5.91 Å². The average Bonchev–Trinajstić information content (AvgIpc) is 3.49. The molecule has 1 aliphatic rings. The molecular formula is C19H16N6O3. The van der Waals surface area contributed by atoms with Crippen molar-refractivity contribution >= 4 is 5.91 Å². The highest BCUT2D eigenvalue weighted by Gasteiger charge is 2.28. The summed E-state index contributed by atoms with van der Waals surface area (Å²) in [5.74, 6) is 0.772. The summed E-state index contributed by atoms with van der Waals surface area (Å²) >= 11 is 0. The maximum atomic E-state index is 12.6. The number of carbonyl (C=O) groups is 1. The highest BCUT2D eigenvalue weighted by molar-refractivity contribution is 5.92. The molecule has 0 aliphatic carbocycles. The predicted molar refractivity (Wildman–Crippen MR) is 97.0 cm³/mol. The number of H-pyrrole nitrogens is 1. The first-order chi connectivity index (χ1) is 13.7. The highest BCUT2D eigenvalue weighted by atomic mass is 16.5. The lowest BCUT2D eigenvalue weighted by atomic mass is 9.94. The summed E-state index contributed by atoms with van der Waals surface area (Å²) < 4.78 is 10.2. The fourth-order valence-corrected chi connectivity index (χ4v) is 3.50. The molecule has 0 saturated carbocycles. The third kappa shape index (κ3) is 2.68. The number of nitrogens with one attached hydrogen (secondary N) is 1. The van der Waals surface area contributed by atoms with Gasteiger partial charge in [0.05, 0.1) is 0 Å². The zero-order chi connectivity index (χ0) is 19.1. The van der Waals surface area contributed by atoms with E-state index >= 15 is 0 Å². The van der Waals surface area contributed by atoms with Crippen molar-refractivity contribution in [2.24, 2.45) is 0 Å². The second-order valence-corrected chi connectivity index (χ2v) is 6.59. The molecule has 0 aromatic carbocycles. The lowest BCUT2D eigenvalue weighted by Crippen LogP contribution is -2.36. The van der Waals surface area contributed by atoms with Crippen molar-refractivity contribution in [3.8, 4) is 23.0 Å². The van der Waals surface area contributed by atoms with Crippen LogP contribution in [0.3, 0.4) is 0 Å². The van der Waals surface area contributed by atoms with Gasteiger partial charge in [-0.3, -0.25) is 9.78 Å². The molecule has 0 unspecified atom stereocenters. The van der Waals surface area contributed by atoms with E-state index in [2.05, 4.69) is 25.3 Å². The lowest BCUT2D eigenvalue weighted by molar-refractivity contribution is 0.0724. The molecule has 28 heavy (non-hydrogen) atoms. The number of pyridine rings is 1. The number of hydrogen-bond donors (Lipinski definition) is 1. The Labute approximate surface area is 159 Å². The number of aromatic nitrogens is 5. The van der Waals surface area contributed by atoms with E-state index in [1.807, 2.05) is 25.3 Å². The zero-order valence-corrected chi connectivity index (χ0v) is 15.0. The SMILES string of the molecule is Cc1ncc2c(c1-c1noc(-c3ccc[nH]3)n1)CCN(C(=O)c1ccon1)C2. The molecule has 0 fully saturated rings. The second-order valence-electron chi connectivity index (χ2n) is 6.59. The van der Waals surface area contributed by atoms with Crippen molar-refractivity contribution in [1.29, 1.82) is 0 Å². The molecule has 1 aliphatic heterocycles. The van der Waals surface area contributed by atoms with Gasteiger partial charge in [-0.05, 0) is 36.6 Å². The summed E-state index contributed by atoms with van der Waals surface area (Å²) in [4.78, 5) is 26.4. The number of aromatic amines is 1. The molecule has 140 valence electrons. The largest absolute Gasteiger partial charge is 0.364 e. The van der Waals surface area contributed by atoms with Gasteiger partial charge in [-0.15, -0.1) is 0 Å². The molecule has 0 saturated heterocycles. The second kappa shape index (κ2) is 6.45. The first kappa shape index (κ1) is 16.4. The van der Waals surface area contributed by atoms with Gasteiger partial charge in [0.2, 0.25) is 5.82 Å². The molecule has 9 heteroatoms. The molecular weight excluding hydrogens is 360 g/mol. The van der Waals surface area contributed by atoms with Crippen LogP contribution in [0.1, 0.15) is 27.3 Å². The van der Waals surface area contributed by atoms with Crippen LogP contribution in [0.2, 0.25) is 0 Å². The van der Waals surface area contributed by atoms with E-state index in [4.69, 9.17) is 9.05 Å². The Morgan fingerprint density at radius 3 is 3.00 bits per heavy atom. The summed E-state index contributed by atoms with van der Waals surface area (Å²) in [5.41, 5.74) is 4.82. The van der Waals surface area contributed by atoms with Crippen LogP contribution in [-0.4, -0.2) is 42.6 Å². The van der Waals surface area contributed by atoms with Crippen LogP contribution in [-0.2, 0) is 13.0 Å². The van der Waals surface area contributed by atoms with Crippen LogP contribution in [0.5, 0.6) is 0 Å². The first-order valence-electron chi connectivity index (χ1n) is 8.85. The maximum Gasteiger partial charge on any atom is 0.276 e. The van der Waals surface area contributed by atoms with E-state index < -0.39 is 0 Å². The standard InChI is InChI=1S/C19H16N6O3/c1-11-16(17-22-18(28-24-17)14-3-2-6-20-14)13-4-7-25(10-12(13)9-21-11)19(26)15-5-8-27-23-15/h2-3,5-6,8-9,20H,4,7,10H2,1H3. The molecule has 1 amide bonds. The van der Waals surface area contributed by atoms with Crippen molar-refractivity contribution in [2.45, 2.75) is 19.9 Å². The molecule has 0 radical (unpaired) electrons. The average molecular weight is 376 g/mol. The fourth-order valence-electron chi connectivity index (χ4n) is 3.50. The number of rotatable bonds is 3. The van der Waals surface area contributed by atoms with Gasteiger partial charge in [0.25, 0.3) is 11.8 Å². The summed E-state index contributed by atoms with van der Waals surface area (Å²) in [7, 11) is 0. The molecule has 0 bridgehead atoms. The Balaban J connectivity index is 1.49. The van der Waals surface area contributed by atoms with Crippen molar-refractivity contribution in [3.05, 3.63) is 59.4 Å². The third-order valence-electron chi connectivity index (χ3n) is 4.88. The minimum atomic E-state index is -0.157. The number of fused-ring (bicyclic) bond motifs is 1. The summed E-state index contributed by atoms with van der Waals surface area (Å²) in [6, 6.07) is 5.31. The Bertz CT molecular complexity index is 1130. The minimum Gasteiger partial charge on any atom is -0.364 e. The van der Waals surface area contributed by atoms with E-state index in [9.17, 15) is 4.79 Å². The van der Waals surface area contributed by atoms with Gasteiger partial charge in [0.1, 0.15) is 12.0 Å². The molecule has 9 nitrogen and oxygen atoms in total. The number of amides is 1. The zero-order valence-electron chi connectivity index (χ0n) is 15.0. The van der Waals surface area contributed by atoms with E-state index in [1.165, 1.54) is 6.26 Å². The molecule has 4 aromatic heterocycles. The normalized spacial score (nSPS) is 13.5. The van der Waals surface area contributed by atoms with Gasteiger partial charge in [0, 0.05) is 42.8 Å². The first-order valence-corrected chi connectivity index (χ1v) is 8.85. The lowest BCUT2D eigenvalue weighted by Gasteiger charge is -2.29. The van der Waals surface area contributed by atoms with Gasteiger partial charge in [-0.1, -0.05) is 10.3 Å². The van der Waals surface area contributed by atoms with Crippen molar-refractivity contribution in [1.82, 2.24) is 30.2 Å². The molecule has 5 heterocycles. The minimum absolute atomic E-state index is 0.157. The Kier molecular flexibility index (Phi) is 3.78. The van der Waals surface area contributed by atoms with Crippen LogP contribution >= 0.6 is 0 Å². The monoisotopic (exact) mass is 376 g/mol. The van der Waals surface area contributed by atoms with E-state index in [1.54, 1.807) is 17.2 Å². The van der Waals surface area contributed by atoms with Gasteiger partial charge >= 0.3 is 0 Å². The summed E-state index contributed by atoms with van der Waals surface area (Å²) in [6.07, 6.45) is 5.68.